The standard InChI is InChI=1S/C18H22O5S.Na/c1-2-3-4-5-9-14-10-8-13-17(18(14)24(20,21)22)23-16-12-7-6-11-15(16)19;/h6-8,10-13,19H,2-5,9H2,1H3,(H,20,21,22);/q;+1/p-1. The summed E-state index contributed by atoms with van der Waals surface area (Å²) >= 11 is 0. The summed E-state index contributed by atoms with van der Waals surface area (Å²) in [4.78, 5) is -0.259. The second-order valence-corrected chi connectivity index (χ2v) is 6.94. The number of hydrogen-bond donors (Lipinski definition) is 1. The first-order valence-corrected chi connectivity index (χ1v) is 9.40. The monoisotopic (exact) mass is 372 g/mol. The third kappa shape index (κ3) is 6.31. The molecule has 2 aromatic carbocycles. The van der Waals surface area contributed by atoms with Gasteiger partial charge in [0.25, 0.3) is 10.1 Å². The first kappa shape index (κ1) is 22.0. The SMILES string of the molecule is CCCCCCc1cccc(Oc2ccccc2[O-])c1S(=O)(=O)O.[Na+]. The van der Waals surface area contributed by atoms with Crippen LogP contribution in [-0.4, -0.2) is 13.0 Å². The summed E-state index contributed by atoms with van der Waals surface area (Å²) < 4.78 is 38.8. The Morgan fingerprint density at radius 1 is 1.00 bits per heavy atom. The van der Waals surface area contributed by atoms with Gasteiger partial charge in [-0.25, -0.2) is 0 Å². The Hall–Kier alpha value is -1.05. The summed E-state index contributed by atoms with van der Waals surface area (Å²) in [5.74, 6) is -0.369. The Morgan fingerprint density at radius 2 is 1.68 bits per heavy atom. The molecule has 7 heteroatoms. The van der Waals surface area contributed by atoms with Crippen molar-refractivity contribution in [3.63, 3.8) is 0 Å². The van der Waals surface area contributed by atoms with Crippen LogP contribution in [0.1, 0.15) is 38.2 Å². The molecule has 1 N–H and O–H groups in total. The maximum Gasteiger partial charge on any atom is 1.00 e. The third-order valence-electron chi connectivity index (χ3n) is 3.69. The molecule has 0 heterocycles. The van der Waals surface area contributed by atoms with Gasteiger partial charge in [0.05, 0.1) is 0 Å². The molecule has 2 aromatic rings. The molecule has 25 heavy (non-hydrogen) atoms. The molecule has 0 bridgehead atoms. The average Bonchev–Trinajstić information content (AvgIpc) is 2.53. The van der Waals surface area contributed by atoms with Gasteiger partial charge in [-0.2, -0.15) is 8.42 Å². The average molecular weight is 372 g/mol. The van der Waals surface area contributed by atoms with E-state index in [2.05, 4.69) is 6.92 Å². The van der Waals surface area contributed by atoms with Gasteiger partial charge in [-0.15, -0.1) is 0 Å². The fourth-order valence-corrected chi connectivity index (χ4v) is 3.39. The van der Waals surface area contributed by atoms with Crippen molar-refractivity contribution in [2.45, 2.75) is 43.9 Å². The summed E-state index contributed by atoms with van der Waals surface area (Å²) in [6.07, 6.45) is 4.47. The van der Waals surface area contributed by atoms with Gasteiger partial charge in [0, 0.05) is 0 Å². The summed E-state index contributed by atoms with van der Waals surface area (Å²) in [5, 5.41) is 11.8. The van der Waals surface area contributed by atoms with Crippen molar-refractivity contribution in [3.8, 4) is 17.2 Å². The van der Waals surface area contributed by atoms with Gasteiger partial charge in [-0.05, 0) is 30.5 Å². The molecule has 0 spiro atoms. The van der Waals surface area contributed by atoms with E-state index in [1.165, 1.54) is 18.2 Å². The summed E-state index contributed by atoms with van der Waals surface area (Å²) in [7, 11) is -4.47. The van der Waals surface area contributed by atoms with E-state index < -0.39 is 10.1 Å². The van der Waals surface area contributed by atoms with E-state index in [9.17, 15) is 18.1 Å². The zero-order valence-electron chi connectivity index (χ0n) is 14.6. The number of ether oxygens (including phenoxy) is 1. The van der Waals surface area contributed by atoms with E-state index >= 15 is 0 Å². The van der Waals surface area contributed by atoms with Crippen LogP contribution in [0.2, 0.25) is 0 Å². The van der Waals surface area contributed by atoms with Crippen LogP contribution in [0.4, 0.5) is 0 Å². The van der Waals surface area contributed by atoms with Crippen LogP contribution in [-0.2, 0) is 16.5 Å². The van der Waals surface area contributed by atoms with E-state index in [1.54, 1.807) is 24.3 Å². The van der Waals surface area contributed by atoms with Gasteiger partial charge in [-0.3, -0.25) is 4.55 Å². The molecule has 130 valence electrons. The van der Waals surface area contributed by atoms with Crippen LogP contribution >= 0.6 is 0 Å². The Labute approximate surface area is 171 Å². The zero-order valence-corrected chi connectivity index (χ0v) is 17.4. The first-order valence-electron chi connectivity index (χ1n) is 7.96. The number of rotatable bonds is 8. The molecule has 0 saturated heterocycles. The maximum absolute atomic E-state index is 11.8. The Balaban J connectivity index is 0.00000312. The Kier molecular flexibility index (Phi) is 8.96. The number of aryl methyl sites for hydroxylation is 1. The van der Waals surface area contributed by atoms with Gasteiger partial charge in [0.2, 0.25) is 0 Å². The molecule has 2 rings (SSSR count). The van der Waals surface area contributed by atoms with Crippen molar-refractivity contribution in [2.75, 3.05) is 0 Å². The molecule has 0 amide bonds. The van der Waals surface area contributed by atoms with Gasteiger partial charge in [0.15, 0.2) is 0 Å². The summed E-state index contributed by atoms with van der Waals surface area (Å²) in [6.45, 7) is 2.10. The van der Waals surface area contributed by atoms with E-state index in [0.717, 1.165) is 25.7 Å². The molecule has 0 unspecified atom stereocenters. The molecular weight excluding hydrogens is 351 g/mol. The van der Waals surface area contributed by atoms with Crippen molar-refractivity contribution in [1.82, 2.24) is 0 Å². The maximum atomic E-state index is 11.8. The Bertz CT molecular complexity index is 790. The fourth-order valence-electron chi connectivity index (χ4n) is 2.53. The van der Waals surface area contributed by atoms with Crippen LogP contribution < -0.4 is 39.4 Å². The van der Waals surface area contributed by atoms with E-state index in [1.807, 2.05) is 0 Å². The van der Waals surface area contributed by atoms with Crippen LogP contribution in [0.15, 0.2) is 47.4 Å². The predicted molar refractivity (Wildman–Crippen MR) is 90.1 cm³/mol. The molecule has 0 aromatic heterocycles. The molecule has 0 aliphatic rings. The van der Waals surface area contributed by atoms with Crippen LogP contribution in [0.25, 0.3) is 0 Å². The molecule has 0 aliphatic carbocycles. The summed E-state index contributed by atoms with van der Waals surface area (Å²) in [5.41, 5.74) is 0.495. The topological polar surface area (TPSA) is 86.7 Å². The molecule has 5 nitrogen and oxygen atoms in total. The minimum Gasteiger partial charge on any atom is -0.870 e. The van der Waals surface area contributed by atoms with Crippen molar-refractivity contribution in [2.24, 2.45) is 0 Å². The molecule has 0 fully saturated rings. The number of hydrogen-bond acceptors (Lipinski definition) is 4. The number of para-hydroxylation sites is 2. The van der Waals surface area contributed by atoms with Crippen LogP contribution in [0.5, 0.6) is 17.2 Å². The third-order valence-corrected chi connectivity index (χ3v) is 4.67. The number of unbranched alkanes of at least 4 members (excludes halogenated alkanes) is 3. The van der Waals surface area contributed by atoms with Gasteiger partial charge >= 0.3 is 29.6 Å². The molecule has 0 saturated carbocycles. The minimum absolute atomic E-state index is 0. The van der Waals surface area contributed by atoms with Gasteiger partial charge in [-0.1, -0.05) is 62.3 Å². The minimum atomic E-state index is -4.47. The van der Waals surface area contributed by atoms with E-state index in [0.29, 0.717) is 12.0 Å². The summed E-state index contributed by atoms with van der Waals surface area (Å²) in [6, 6.07) is 10.7. The molecular formula is C18H21NaO5S. The second kappa shape index (κ2) is 10.2. The largest absolute Gasteiger partial charge is 1.00 e. The normalized spacial score (nSPS) is 11.0. The quantitative estimate of drug-likeness (QED) is 0.423. The molecule has 0 atom stereocenters. The van der Waals surface area contributed by atoms with Crippen molar-refractivity contribution in [3.05, 3.63) is 48.0 Å². The zero-order chi connectivity index (χ0) is 17.6. The number of benzene rings is 2. The fraction of sp³-hybridized carbons (Fsp3) is 0.333. The van der Waals surface area contributed by atoms with Crippen LogP contribution in [0, 0.1) is 0 Å². The first-order chi connectivity index (χ1) is 11.4. The van der Waals surface area contributed by atoms with Crippen molar-refractivity contribution in [1.29, 1.82) is 0 Å². The van der Waals surface area contributed by atoms with Gasteiger partial charge < -0.3 is 9.84 Å². The second-order valence-electron chi connectivity index (χ2n) is 5.58. The van der Waals surface area contributed by atoms with Gasteiger partial charge in [0.1, 0.15) is 16.4 Å². The molecule has 0 radical (unpaired) electrons. The molecule has 0 aliphatic heterocycles. The van der Waals surface area contributed by atoms with Crippen molar-refractivity contribution >= 4 is 10.1 Å². The Morgan fingerprint density at radius 3 is 2.32 bits per heavy atom. The van der Waals surface area contributed by atoms with E-state index in [4.69, 9.17) is 4.74 Å². The predicted octanol–water partition coefficient (Wildman–Crippen LogP) is 0.926. The van der Waals surface area contributed by atoms with Crippen molar-refractivity contribution < 1.29 is 52.4 Å². The van der Waals surface area contributed by atoms with E-state index in [-0.39, 0.29) is 51.7 Å². The smallest absolute Gasteiger partial charge is 0.870 e. The van der Waals surface area contributed by atoms with Crippen LogP contribution in [0.3, 0.4) is 0 Å².